The van der Waals surface area contributed by atoms with Gasteiger partial charge < -0.3 is 5.11 Å². The minimum atomic E-state index is -3.91. The highest BCUT2D eigenvalue weighted by Gasteiger charge is 2.37. The Balaban J connectivity index is 2.09. The van der Waals surface area contributed by atoms with Crippen LogP contribution in [0, 0.1) is 6.92 Å². The van der Waals surface area contributed by atoms with Crippen LogP contribution in [0.5, 0.6) is 0 Å². The predicted molar refractivity (Wildman–Crippen MR) is 84.2 cm³/mol. The number of anilines is 1. The third kappa shape index (κ3) is 2.45. The monoisotopic (exact) mass is 352 g/mol. The largest absolute Gasteiger partial charge is 0.505 e. The van der Waals surface area contributed by atoms with Gasteiger partial charge in [0.15, 0.2) is 11.5 Å². The van der Waals surface area contributed by atoms with Crippen LogP contribution in [0.2, 0.25) is 0 Å². The minimum Gasteiger partial charge on any atom is -0.505 e. The summed E-state index contributed by atoms with van der Waals surface area (Å²) in [7, 11) is -2.70. The normalized spacial score (nSPS) is 16.2. The lowest BCUT2D eigenvalue weighted by Gasteiger charge is -2.28. The van der Waals surface area contributed by atoms with E-state index in [1.807, 2.05) is 0 Å². The molecule has 0 radical (unpaired) electrons. The van der Waals surface area contributed by atoms with Crippen molar-refractivity contribution in [3.05, 3.63) is 40.5 Å². The number of carbonyl (C=O) groups excluding carboxylic acids is 1. The molecule has 0 fully saturated rings. The third-order valence-electron chi connectivity index (χ3n) is 3.28. The molecule has 8 nitrogen and oxygen atoms in total. The SMILES string of the molecule is Cc1nnc(NC(=O)C2=C(O)c3ccccc3S(=O)(=O)N2C)s1. The number of sulfonamides is 1. The van der Waals surface area contributed by atoms with Crippen LogP contribution >= 0.6 is 11.3 Å². The van der Waals surface area contributed by atoms with Gasteiger partial charge in [0.25, 0.3) is 15.9 Å². The average Bonchev–Trinajstić information content (AvgIpc) is 2.91. The van der Waals surface area contributed by atoms with E-state index in [9.17, 15) is 18.3 Å². The first kappa shape index (κ1) is 15.4. The van der Waals surface area contributed by atoms with Crippen LogP contribution in [-0.2, 0) is 14.8 Å². The number of nitrogens with one attached hydrogen (secondary N) is 1. The Labute approximate surface area is 136 Å². The van der Waals surface area contributed by atoms with Crippen LogP contribution in [0.4, 0.5) is 5.13 Å². The third-order valence-corrected chi connectivity index (χ3v) is 5.85. The maximum atomic E-state index is 12.5. The van der Waals surface area contributed by atoms with Crippen LogP contribution in [0.15, 0.2) is 34.9 Å². The van der Waals surface area contributed by atoms with Gasteiger partial charge in [0, 0.05) is 12.6 Å². The van der Waals surface area contributed by atoms with Gasteiger partial charge in [-0.3, -0.25) is 14.4 Å². The summed E-state index contributed by atoms with van der Waals surface area (Å²) >= 11 is 1.14. The van der Waals surface area contributed by atoms with E-state index in [0.717, 1.165) is 15.6 Å². The highest BCUT2D eigenvalue weighted by Crippen LogP contribution is 2.34. The molecule has 2 N–H and O–H groups in total. The van der Waals surface area contributed by atoms with Gasteiger partial charge in [-0.25, -0.2) is 8.42 Å². The molecule has 0 unspecified atom stereocenters. The number of benzene rings is 1. The number of fused-ring (bicyclic) bond motifs is 1. The van der Waals surface area contributed by atoms with Crippen molar-refractivity contribution in [3.63, 3.8) is 0 Å². The van der Waals surface area contributed by atoms with Crippen molar-refractivity contribution in [1.82, 2.24) is 14.5 Å². The molecule has 1 aliphatic rings. The Bertz CT molecular complexity index is 933. The zero-order valence-electron chi connectivity index (χ0n) is 12.1. The molecule has 1 amide bonds. The maximum Gasteiger partial charge on any atom is 0.278 e. The topological polar surface area (TPSA) is 112 Å². The van der Waals surface area contributed by atoms with Crippen molar-refractivity contribution >= 4 is 38.2 Å². The predicted octanol–water partition coefficient (Wildman–Crippen LogP) is 1.35. The Kier molecular flexibility index (Phi) is 3.57. The van der Waals surface area contributed by atoms with Crippen molar-refractivity contribution in [2.75, 3.05) is 12.4 Å². The summed E-state index contributed by atoms with van der Waals surface area (Å²) in [5.41, 5.74) is -0.277. The first-order valence-electron chi connectivity index (χ1n) is 6.45. The van der Waals surface area contributed by atoms with E-state index in [2.05, 4.69) is 15.5 Å². The molecular weight excluding hydrogens is 340 g/mol. The lowest BCUT2D eigenvalue weighted by molar-refractivity contribution is -0.113. The summed E-state index contributed by atoms with van der Waals surface area (Å²) in [6.07, 6.45) is 0. The Hall–Kier alpha value is -2.46. The number of aryl methyl sites for hydroxylation is 1. The molecule has 2 aromatic rings. The molecule has 0 spiro atoms. The summed E-state index contributed by atoms with van der Waals surface area (Å²) in [5, 5.41) is 21.2. The number of nitrogens with zero attached hydrogens (tertiary/aromatic N) is 3. The van der Waals surface area contributed by atoms with E-state index in [4.69, 9.17) is 0 Å². The van der Waals surface area contributed by atoms with E-state index in [1.54, 1.807) is 19.1 Å². The summed E-state index contributed by atoms with van der Waals surface area (Å²) in [6, 6.07) is 5.95. The van der Waals surface area contributed by atoms with Crippen molar-refractivity contribution in [3.8, 4) is 0 Å². The number of hydrogen-bond acceptors (Lipinski definition) is 7. The first-order valence-corrected chi connectivity index (χ1v) is 8.71. The number of carbonyl (C=O) groups is 1. The summed E-state index contributed by atoms with van der Waals surface area (Å²) in [6.45, 7) is 1.72. The highest BCUT2D eigenvalue weighted by molar-refractivity contribution is 7.89. The van der Waals surface area contributed by atoms with E-state index in [0.29, 0.717) is 5.01 Å². The molecule has 0 saturated carbocycles. The fourth-order valence-electron chi connectivity index (χ4n) is 2.19. The summed E-state index contributed by atoms with van der Waals surface area (Å²) < 4.78 is 25.8. The molecule has 3 rings (SSSR count). The van der Waals surface area contributed by atoms with E-state index in [1.165, 1.54) is 19.2 Å². The molecule has 0 bridgehead atoms. The molecule has 0 atom stereocenters. The quantitative estimate of drug-likeness (QED) is 0.843. The smallest absolute Gasteiger partial charge is 0.278 e. The second-order valence-corrected chi connectivity index (χ2v) is 7.87. The Morgan fingerprint density at radius 2 is 2.00 bits per heavy atom. The average molecular weight is 352 g/mol. The standard InChI is InChI=1S/C13H12N4O4S2/c1-7-15-16-13(22-7)14-12(19)10-11(18)8-5-3-4-6-9(8)23(20,21)17(10)2/h3-6,18H,1-2H3,(H,14,16,19). The molecular formula is C13H12N4O4S2. The zero-order chi connectivity index (χ0) is 16.8. The van der Waals surface area contributed by atoms with Crippen LogP contribution < -0.4 is 5.32 Å². The first-order chi connectivity index (χ1) is 10.8. The Morgan fingerprint density at radius 3 is 2.65 bits per heavy atom. The summed E-state index contributed by atoms with van der Waals surface area (Å²) in [4.78, 5) is 12.3. The van der Waals surface area contributed by atoms with Crippen molar-refractivity contribution in [2.45, 2.75) is 11.8 Å². The molecule has 1 aromatic carbocycles. The number of rotatable bonds is 2. The number of aliphatic hydroxyl groups excluding tert-OH is 1. The molecule has 0 aliphatic carbocycles. The molecule has 0 saturated heterocycles. The molecule has 120 valence electrons. The minimum absolute atomic E-state index is 0.0525. The lowest BCUT2D eigenvalue weighted by Crippen LogP contribution is -2.37. The zero-order valence-corrected chi connectivity index (χ0v) is 13.8. The van der Waals surface area contributed by atoms with Crippen LogP contribution in [0.3, 0.4) is 0 Å². The van der Waals surface area contributed by atoms with E-state index < -0.39 is 21.7 Å². The fourth-order valence-corrected chi connectivity index (χ4v) is 4.17. The molecule has 1 aromatic heterocycles. The molecule has 10 heteroatoms. The summed E-state index contributed by atoms with van der Waals surface area (Å²) in [5.74, 6) is -1.18. The molecule has 2 heterocycles. The van der Waals surface area contributed by atoms with Crippen LogP contribution in [-0.4, -0.2) is 41.0 Å². The van der Waals surface area contributed by atoms with Gasteiger partial charge in [-0.05, 0) is 19.1 Å². The van der Waals surface area contributed by atoms with E-state index in [-0.39, 0.29) is 21.3 Å². The second-order valence-electron chi connectivity index (χ2n) is 4.75. The van der Waals surface area contributed by atoms with Crippen molar-refractivity contribution < 1.29 is 18.3 Å². The van der Waals surface area contributed by atoms with Gasteiger partial charge in [-0.15, -0.1) is 10.2 Å². The number of likely N-dealkylation sites (N-methyl/N-ethyl adjacent to an activating group) is 1. The fraction of sp³-hybridized carbons (Fsp3) is 0.154. The van der Waals surface area contributed by atoms with Gasteiger partial charge in [0.05, 0.1) is 4.90 Å². The number of hydrogen-bond donors (Lipinski definition) is 2. The highest BCUT2D eigenvalue weighted by atomic mass is 32.2. The van der Waals surface area contributed by atoms with Gasteiger partial charge in [-0.1, -0.05) is 23.5 Å². The van der Waals surface area contributed by atoms with E-state index >= 15 is 0 Å². The second kappa shape index (κ2) is 5.32. The van der Waals surface area contributed by atoms with Crippen molar-refractivity contribution in [2.24, 2.45) is 0 Å². The molecule has 23 heavy (non-hydrogen) atoms. The number of aromatic nitrogens is 2. The Morgan fingerprint density at radius 1 is 1.30 bits per heavy atom. The van der Waals surface area contributed by atoms with Gasteiger partial charge in [0.2, 0.25) is 5.13 Å². The number of aliphatic hydroxyl groups is 1. The number of amides is 1. The van der Waals surface area contributed by atoms with Gasteiger partial charge in [0.1, 0.15) is 5.01 Å². The maximum absolute atomic E-state index is 12.5. The van der Waals surface area contributed by atoms with Gasteiger partial charge >= 0.3 is 0 Å². The van der Waals surface area contributed by atoms with Gasteiger partial charge in [-0.2, -0.15) is 0 Å². The lowest BCUT2D eigenvalue weighted by atomic mass is 10.1. The van der Waals surface area contributed by atoms with Crippen LogP contribution in [0.25, 0.3) is 5.76 Å². The molecule has 1 aliphatic heterocycles. The van der Waals surface area contributed by atoms with Crippen molar-refractivity contribution in [1.29, 1.82) is 0 Å². The van der Waals surface area contributed by atoms with Crippen LogP contribution in [0.1, 0.15) is 10.6 Å².